The van der Waals surface area contributed by atoms with Gasteiger partial charge in [-0.25, -0.2) is 0 Å². The Balaban J connectivity index is 1.56. The summed E-state index contributed by atoms with van der Waals surface area (Å²) in [6.07, 6.45) is 4.50. The molecule has 2 aromatic rings. The van der Waals surface area contributed by atoms with Crippen LogP contribution >= 0.6 is 0 Å². The summed E-state index contributed by atoms with van der Waals surface area (Å²) in [4.78, 5) is 4.97. The zero-order valence-electron chi connectivity index (χ0n) is 15.4. The van der Waals surface area contributed by atoms with Crippen LogP contribution in [0.3, 0.4) is 0 Å². The molecule has 0 unspecified atom stereocenters. The van der Waals surface area contributed by atoms with Gasteiger partial charge in [0.15, 0.2) is 0 Å². The number of hydrogen-bond donors (Lipinski definition) is 0. The second-order valence-corrected chi connectivity index (χ2v) is 7.28. The predicted octanol–water partition coefficient (Wildman–Crippen LogP) is 4.79. The molecular formula is C24H26N2. The van der Waals surface area contributed by atoms with Gasteiger partial charge in [0, 0.05) is 44.0 Å². The van der Waals surface area contributed by atoms with E-state index in [0.717, 1.165) is 31.8 Å². The molecule has 0 aliphatic carbocycles. The van der Waals surface area contributed by atoms with Gasteiger partial charge in [0.1, 0.15) is 0 Å². The van der Waals surface area contributed by atoms with Crippen molar-refractivity contribution in [3.05, 3.63) is 107 Å². The van der Waals surface area contributed by atoms with Crippen molar-refractivity contribution >= 4 is 0 Å². The zero-order valence-corrected chi connectivity index (χ0v) is 15.4. The van der Waals surface area contributed by atoms with Crippen LogP contribution in [-0.4, -0.2) is 36.0 Å². The average Bonchev–Trinajstić information content (AvgIpc) is 2.68. The minimum atomic E-state index is 0.397. The molecule has 2 aromatic carbocycles. The van der Waals surface area contributed by atoms with E-state index in [0.29, 0.717) is 5.92 Å². The zero-order chi connectivity index (χ0) is 17.9. The topological polar surface area (TPSA) is 6.48 Å². The van der Waals surface area contributed by atoms with Crippen molar-refractivity contribution in [2.45, 2.75) is 12.8 Å². The lowest BCUT2D eigenvalue weighted by Crippen LogP contribution is -2.45. The molecule has 0 saturated carbocycles. The number of piperazine rings is 1. The van der Waals surface area contributed by atoms with Crippen molar-refractivity contribution in [3.63, 3.8) is 0 Å². The van der Waals surface area contributed by atoms with Gasteiger partial charge in [-0.15, -0.1) is 0 Å². The van der Waals surface area contributed by atoms with E-state index in [1.807, 2.05) is 0 Å². The second kappa shape index (κ2) is 7.35. The van der Waals surface area contributed by atoms with Crippen LogP contribution < -0.4 is 0 Å². The Morgan fingerprint density at radius 2 is 1.54 bits per heavy atom. The van der Waals surface area contributed by atoms with Gasteiger partial charge in [-0.1, -0.05) is 67.2 Å². The van der Waals surface area contributed by atoms with E-state index in [-0.39, 0.29) is 0 Å². The van der Waals surface area contributed by atoms with E-state index < -0.39 is 0 Å². The highest BCUT2D eigenvalue weighted by Crippen LogP contribution is 2.29. The molecule has 2 aliphatic rings. The normalized spacial score (nSPS) is 17.8. The highest BCUT2D eigenvalue weighted by molar-refractivity contribution is 5.42. The van der Waals surface area contributed by atoms with Crippen LogP contribution in [0.4, 0.5) is 0 Å². The Morgan fingerprint density at radius 3 is 2.15 bits per heavy atom. The van der Waals surface area contributed by atoms with Gasteiger partial charge >= 0.3 is 0 Å². The summed E-state index contributed by atoms with van der Waals surface area (Å²) in [7, 11) is 0. The minimum absolute atomic E-state index is 0.397. The Morgan fingerprint density at radius 1 is 0.923 bits per heavy atom. The number of rotatable bonds is 4. The van der Waals surface area contributed by atoms with Crippen LogP contribution in [0.25, 0.3) is 0 Å². The molecule has 0 spiro atoms. The fraction of sp³-hybridized carbons (Fsp3) is 0.250. The van der Waals surface area contributed by atoms with Gasteiger partial charge < -0.3 is 4.90 Å². The van der Waals surface area contributed by atoms with E-state index in [1.165, 1.54) is 22.4 Å². The molecule has 0 radical (unpaired) electrons. The van der Waals surface area contributed by atoms with Gasteiger partial charge in [0.2, 0.25) is 0 Å². The van der Waals surface area contributed by atoms with Crippen molar-refractivity contribution < 1.29 is 0 Å². The Labute approximate surface area is 156 Å². The third-order valence-corrected chi connectivity index (χ3v) is 5.45. The number of fused-ring (bicyclic) bond motifs is 1. The van der Waals surface area contributed by atoms with Crippen LogP contribution in [0.15, 0.2) is 96.4 Å². The molecule has 132 valence electrons. The largest absolute Gasteiger partial charge is 0.349 e. The van der Waals surface area contributed by atoms with Crippen LogP contribution in [0.5, 0.6) is 0 Å². The standard InChI is InChI=1S/C24H26N2/c1-19-15-23-17-25(13-14-26(23)16-20(19)2)18-24(21-9-5-3-6-10-21)22-11-7-4-8-12-22/h3-12,15-16,24H,1,13-14,17-18H2,2H3. The third kappa shape index (κ3) is 3.51. The molecule has 2 nitrogen and oxygen atoms in total. The minimum Gasteiger partial charge on any atom is -0.349 e. The molecule has 26 heavy (non-hydrogen) atoms. The van der Waals surface area contributed by atoms with Crippen LogP contribution in [0.1, 0.15) is 24.0 Å². The Hall–Kier alpha value is -2.58. The van der Waals surface area contributed by atoms with Gasteiger partial charge in [-0.05, 0) is 35.3 Å². The molecule has 1 fully saturated rings. The highest BCUT2D eigenvalue weighted by Gasteiger charge is 2.25. The average molecular weight is 342 g/mol. The maximum absolute atomic E-state index is 4.18. The van der Waals surface area contributed by atoms with Gasteiger partial charge in [0.25, 0.3) is 0 Å². The number of nitrogens with zero attached hydrogens (tertiary/aromatic N) is 2. The molecule has 1 saturated heterocycles. The summed E-state index contributed by atoms with van der Waals surface area (Å²) in [6, 6.07) is 21.8. The maximum Gasteiger partial charge on any atom is 0.0388 e. The SMILES string of the molecule is C=C1C=C2CN(CC(c3ccccc3)c3ccccc3)CCN2C=C1C. The lowest BCUT2D eigenvalue weighted by molar-refractivity contribution is 0.202. The Bertz CT molecular complexity index is 794. The molecule has 0 atom stereocenters. The number of allylic oxidation sites excluding steroid dienone is 3. The van der Waals surface area contributed by atoms with Crippen molar-refractivity contribution in [2.75, 3.05) is 26.2 Å². The number of hydrogen-bond acceptors (Lipinski definition) is 2. The first kappa shape index (κ1) is 16.9. The van der Waals surface area contributed by atoms with E-state index in [1.54, 1.807) is 0 Å². The molecule has 0 aromatic heterocycles. The molecule has 2 aliphatic heterocycles. The summed E-state index contributed by atoms with van der Waals surface area (Å²) in [5, 5.41) is 0. The molecule has 2 heterocycles. The van der Waals surface area contributed by atoms with Crippen LogP contribution in [0.2, 0.25) is 0 Å². The fourth-order valence-electron chi connectivity index (χ4n) is 3.89. The van der Waals surface area contributed by atoms with Crippen LogP contribution in [-0.2, 0) is 0 Å². The summed E-state index contributed by atoms with van der Waals surface area (Å²) in [5.41, 5.74) is 6.55. The quantitative estimate of drug-likeness (QED) is 0.788. The molecule has 0 amide bonds. The maximum atomic E-state index is 4.18. The molecule has 0 N–H and O–H groups in total. The third-order valence-electron chi connectivity index (χ3n) is 5.45. The second-order valence-electron chi connectivity index (χ2n) is 7.28. The van der Waals surface area contributed by atoms with Crippen molar-refractivity contribution in [1.29, 1.82) is 0 Å². The first-order valence-corrected chi connectivity index (χ1v) is 9.38. The van der Waals surface area contributed by atoms with Gasteiger partial charge in [0.05, 0.1) is 0 Å². The van der Waals surface area contributed by atoms with E-state index in [9.17, 15) is 0 Å². The summed E-state index contributed by atoms with van der Waals surface area (Å²) >= 11 is 0. The highest BCUT2D eigenvalue weighted by atomic mass is 15.3. The lowest BCUT2D eigenvalue weighted by Gasteiger charge is -2.40. The number of benzene rings is 2. The molecule has 2 heteroatoms. The van der Waals surface area contributed by atoms with Crippen molar-refractivity contribution in [2.24, 2.45) is 0 Å². The summed E-state index contributed by atoms with van der Waals surface area (Å²) in [5.74, 6) is 0.397. The molecular weight excluding hydrogens is 316 g/mol. The Kier molecular flexibility index (Phi) is 4.77. The van der Waals surface area contributed by atoms with E-state index >= 15 is 0 Å². The monoisotopic (exact) mass is 342 g/mol. The van der Waals surface area contributed by atoms with Crippen LogP contribution in [0, 0.1) is 0 Å². The van der Waals surface area contributed by atoms with Crippen molar-refractivity contribution in [3.8, 4) is 0 Å². The molecule has 0 bridgehead atoms. The smallest absolute Gasteiger partial charge is 0.0388 e. The summed E-state index contributed by atoms with van der Waals surface area (Å²) in [6.45, 7) is 10.5. The summed E-state index contributed by atoms with van der Waals surface area (Å²) < 4.78 is 0. The fourth-order valence-corrected chi connectivity index (χ4v) is 3.89. The predicted molar refractivity (Wildman–Crippen MR) is 109 cm³/mol. The lowest BCUT2D eigenvalue weighted by atomic mass is 9.90. The molecule has 4 rings (SSSR count). The van der Waals surface area contributed by atoms with Gasteiger partial charge in [-0.2, -0.15) is 0 Å². The first-order valence-electron chi connectivity index (χ1n) is 9.38. The van der Waals surface area contributed by atoms with E-state index in [2.05, 4.69) is 96.2 Å². The first-order chi connectivity index (χ1) is 12.7. The van der Waals surface area contributed by atoms with Gasteiger partial charge in [-0.3, -0.25) is 4.90 Å². The van der Waals surface area contributed by atoms with E-state index in [4.69, 9.17) is 0 Å². The van der Waals surface area contributed by atoms with Crippen molar-refractivity contribution in [1.82, 2.24) is 9.80 Å².